The molecule has 1 amide bonds. The number of hydrogen-bond acceptors (Lipinski definition) is 3. The summed E-state index contributed by atoms with van der Waals surface area (Å²) in [4.78, 5) is 11.7. The van der Waals surface area contributed by atoms with Gasteiger partial charge in [0, 0.05) is 0 Å². The quantitative estimate of drug-likeness (QED) is 0.837. The lowest BCUT2D eigenvalue weighted by Gasteiger charge is -2.22. The average molecular weight is 234 g/mol. The number of nitrogens with one attached hydrogen (secondary N) is 2. The molecule has 1 heterocycles. The summed E-state index contributed by atoms with van der Waals surface area (Å²) < 4.78 is 0. The number of thioether (sulfide) groups is 1. The molecule has 1 aromatic carbocycles. The van der Waals surface area contributed by atoms with Crippen LogP contribution in [0.15, 0.2) is 35.7 Å². The molecule has 1 unspecified atom stereocenters. The van der Waals surface area contributed by atoms with E-state index in [1.807, 2.05) is 42.7 Å². The number of benzene rings is 1. The van der Waals surface area contributed by atoms with Gasteiger partial charge in [-0.25, -0.2) is 0 Å². The van der Waals surface area contributed by atoms with E-state index in [1.54, 1.807) is 0 Å². The third-order valence-electron chi connectivity index (χ3n) is 2.29. The maximum atomic E-state index is 11.7. The van der Waals surface area contributed by atoms with E-state index in [-0.39, 0.29) is 11.3 Å². The van der Waals surface area contributed by atoms with E-state index in [1.165, 1.54) is 11.8 Å². The fourth-order valence-electron chi connectivity index (χ4n) is 1.51. The molecule has 0 bridgehead atoms. The molecular weight excluding hydrogens is 220 g/mol. The van der Waals surface area contributed by atoms with Crippen LogP contribution in [-0.4, -0.2) is 17.8 Å². The second kappa shape index (κ2) is 5.18. The molecule has 3 nitrogen and oxygen atoms in total. The van der Waals surface area contributed by atoms with Crippen LogP contribution in [0.1, 0.15) is 12.5 Å². The molecule has 0 fully saturated rings. The molecule has 2 N–H and O–H groups in total. The van der Waals surface area contributed by atoms with Crippen molar-refractivity contribution in [3.05, 3.63) is 41.3 Å². The third-order valence-corrected chi connectivity index (χ3v) is 3.32. The minimum Gasteiger partial charge on any atom is -0.323 e. The van der Waals surface area contributed by atoms with E-state index >= 15 is 0 Å². The van der Waals surface area contributed by atoms with Crippen LogP contribution in [0.2, 0.25) is 0 Å². The van der Waals surface area contributed by atoms with E-state index in [0.717, 1.165) is 17.8 Å². The lowest BCUT2D eigenvalue weighted by atomic mass is 10.2. The summed E-state index contributed by atoms with van der Waals surface area (Å²) in [6, 6.07) is 9.86. The van der Waals surface area contributed by atoms with Crippen molar-refractivity contribution >= 4 is 23.4 Å². The maximum absolute atomic E-state index is 11.7. The number of amides is 1. The zero-order valence-electron chi connectivity index (χ0n) is 9.07. The van der Waals surface area contributed by atoms with Gasteiger partial charge in [0.2, 0.25) is 0 Å². The molecule has 1 atom stereocenters. The van der Waals surface area contributed by atoms with Gasteiger partial charge in [-0.1, -0.05) is 37.3 Å². The topological polar surface area (TPSA) is 41.1 Å². The lowest BCUT2D eigenvalue weighted by molar-refractivity contribution is -0.119. The summed E-state index contributed by atoms with van der Waals surface area (Å²) >= 11 is 1.51. The molecule has 1 aliphatic heterocycles. The van der Waals surface area contributed by atoms with Gasteiger partial charge in [-0.3, -0.25) is 10.1 Å². The summed E-state index contributed by atoms with van der Waals surface area (Å²) in [6.45, 7) is 2.78. The zero-order chi connectivity index (χ0) is 11.4. The van der Waals surface area contributed by atoms with E-state index in [2.05, 4.69) is 10.6 Å². The molecule has 16 heavy (non-hydrogen) atoms. The second-order valence-corrected chi connectivity index (χ2v) is 4.44. The molecular formula is C12H14N2OS. The van der Waals surface area contributed by atoms with E-state index in [9.17, 15) is 4.79 Å². The van der Waals surface area contributed by atoms with Crippen LogP contribution in [0.5, 0.6) is 0 Å². The van der Waals surface area contributed by atoms with Crippen molar-refractivity contribution in [2.75, 3.05) is 6.54 Å². The molecule has 84 valence electrons. The van der Waals surface area contributed by atoms with Gasteiger partial charge in [0.1, 0.15) is 5.37 Å². The van der Waals surface area contributed by atoms with E-state index < -0.39 is 0 Å². The smallest absolute Gasteiger partial charge is 0.252 e. The predicted octanol–water partition coefficient (Wildman–Crippen LogP) is 1.78. The number of likely N-dealkylation sites (N-methyl/N-ethyl adjacent to an activating group) is 1. The molecule has 1 aliphatic rings. The Bertz CT molecular complexity index is 403. The van der Waals surface area contributed by atoms with Crippen molar-refractivity contribution in [3.8, 4) is 0 Å². The van der Waals surface area contributed by atoms with Gasteiger partial charge < -0.3 is 5.32 Å². The van der Waals surface area contributed by atoms with Crippen molar-refractivity contribution in [1.82, 2.24) is 10.6 Å². The van der Waals surface area contributed by atoms with Gasteiger partial charge in [-0.05, 0) is 17.5 Å². The second-order valence-electron chi connectivity index (χ2n) is 3.46. The monoisotopic (exact) mass is 234 g/mol. The highest BCUT2D eigenvalue weighted by atomic mass is 32.2. The van der Waals surface area contributed by atoms with Gasteiger partial charge in [-0.15, -0.1) is 11.8 Å². The minimum atomic E-state index is -0.169. The Morgan fingerprint density at radius 1 is 1.38 bits per heavy atom. The molecule has 0 spiro atoms. The summed E-state index contributed by atoms with van der Waals surface area (Å²) in [5.74, 6) is 0.0215. The first-order valence-corrected chi connectivity index (χ1v) is 6.21. The average Bonchev–Trinajstić information content (AvgIpc) is 2.33. The van der Waals surface area contributed by atoms with Gasteiger partial charge in [0.05, 0.1) is 5.70 Å². The van der Waals surface area contributed by atoms with Crippen LogP contribution in [0.3, 0.4) is 0 Å². The van der Waals surface area contributed by atoms with Crippen molar-refractivity contribution in [2.24, 2.45) is 0 Å². The van der Waals surface area contributed by atoms with Gasteiger partial charge in [-0.2, -0.15) is 0 Å². The number of hydrogen-bond donors (Lipinski definition) is 2. The highest BCUT2D eigenvalue weighted by molar-refractivity contribution is 8.03. The molecule has 1 aromatic rings. The first-order valence-electron chi connectivity index (χ1n) is 5.26. The SMILES string of the molecule is CCNC1SC=C(c2ccccc2)NC1=O. The molecule has 0 saturated heterocycles. The Labute approximate surface area is 99.3 Å². The fraction of sp³-hybridized carbons (Fsp3) is 0.250. The fourth-order valence-corrected chi connectivity index (χ4v) is 2.42. The standard InChI is InChI=1S/C12H14N2OS/c1-2-13-12-11(15)14-10(8-16-12)9-6-4-3-5-7-9/h3-8,12-13H,2H2,1H3,(H,14,15). The largest absolute Gasteiger partial charge is 0.323 e. The highest BCUT2D eigenvalue weighted by Gasteiger charge is 2.22. The summed E-state index contributed by atoms with van der Waals surface area (Å²) in [5.41, 5.74) is 1.92. The van der Waals surface area contributed by atoms with Crippen molar-refractivity contribution in [3.63, 3.8) is 0 Å². The van der Waals surface area contributed by atoms with Crippen LogP contribution < -0.4 is 10.6 Å². The van der Waals surface area contributed by atoms with E-state index in [4.69, 9.17) is 0 Å². The highest BCUT2D eigenvalue weighted by Crippen LogP contribution is 2.23. The Hall–Kier alpha value is -1.26. The van der Waals surface area contributed by atoms with Crippen LogP contribution >= 0.6 is 11.8 Å². The van der Waals surface area contributed by atoms with E-state index in [0.29, 0.717) is 0 Å². The molecule has 4 heteroatoms. The normalized spacial score (nSPS) is 20.2. The predicted molar refractivity (Wildman–Crippen MR) is 67.6 cm³/mol. The zero-order valence-corrected chi connectivity index (χ0v) is 9.88. The summed E-state index contributed by atoms with van der Waals surface area (Å²) in [6.07, 6.45) is 0. The number of carbonyl (C=O) groups excluding carboxylic acids is 1. The Morgan fingerprint density at radius 3 is 2.75 bits per heavy atom. The van der Waals surface area contributed by atoms with Gasteiger partial charge in [0.25, 0.3) is 5.91 Å². The van der Waals surface area contributed by atoms with Crippen molar-refractivity contribution in [2.45, 2.75) is 12.3 Å². The maximum Gasteiger partial charge on any atom is 0.252 e. The van der Waals surface area contributed by atoms with Gasteiger partial charge in [0.15, 0.2) is 0 Å². The lowest BCUT2D eigenvalue weighted by Crippen LogP contribution is -2.43. The van der Waals surface area contributed by atoms with Crippen LogP contribution in [0.25, 0.3) is 5.70 Å². The van der Waals surface area contributed by atoms with Crippen molar-refractivity contribution < 1.29 is 4.79 Å². The number of rotatable bonds is 3. The van der Waals surface area contributed by atoms with Crippen molar-refractivity contribution in [1.29, 1.82) is 0 Å². The molecule has 0 saturated carbocycles. The van der Waals surface area contributed by atoms with Crippen LogP contribution in [-0.2, 0) is 4.79 Å². The minimum absolute atomic E-state index is 0.0215. The first-order chi connectivity index (χ1) is 7.81. The summed E-state index contributed by atoms with van der Waals surface area (Å²) in [7, 11) is 0. The molecule has 0 aromatic heterocycles. The van der Waals surface area contributed by atoms with Crippen LogP contribution in [0.4, 0.5) is 0 Å². The Balaban J connectivity index is 2.13. The Morgan fingerprint density at radius 2 is 2.12 bits per heavy atom. The first kappa shape index (κ1) is 11.2. The van der Waals surface area contributed by atoms with Gasteiger partial charge >= 0.3 is 0 Å². The third kappa shape index (κ3) is 2.46. The molecule has 2 rings (SSSR count). The summed E-state index contributed by atoms with van der Waals surface area (Å²) in [5, 5.41) is 7.84. The molecule has 0 radical (unpaired) electrons. The Kier molecular flexibility index (Phi) is 3.64. The van der Waals surface area contributed by atoms with Crippen LogP contribution in [0, 0.1) is 0 Å². The number of carbonyl (C=O) groups is 1. The molecule has 0 aliphatic carbocycles.